The van der Waals surface area contributed by atoms with Crippen LogP contribution >= 0.6 is 24.8 Å². The summed E-state index contributed by atoms with van der Waals surface area (Å²) in [5, 5.41) is 0. The number of benzene rings is 4. The Morgan fingerprint density at radius 1 is 0.689 bits per heavy atom. The molecule has 4 aromatic carbocycles. The van der Waals surface area contributed by atoms with E-state index in [0.29, 0.717) is 3.67 Å². The summed E-state index contributed by atoms with van der Waals surface area (Å²) < 4.78 is 4.05. The smallest absolute Gasteiger partial charge is 0.147 e. The molecule has 0 amide bonds. The molecule has 234 valence electrons. The number of allylic oxidation sites excluding steroid dienone is 4. The van der Waals surface area contributed by atoms with Gasteiger partial charge >= 0.3 is 269 Å². The Kier molecular flexibility index (Phi) is 11.5. The third-order valence-corrected chi connectivity index (χ3v) is 21.7. The van der Waals surface area contributed by atoms with E-state index in [9.17, 15) is 0 Å². The van der Waals surface area contributed by atoms with Gasteiger partial charge in [0.2, 0.25) is 0 Å². The molecule has 0 aromatic heterocycles. The molecule has 2 aliphatic rings. The van der Waals surface area contributed by atoms with Crippen LogP contribution in [0.2, 0.25) is 0 Å². The van der Waals surface area contributed by atoms with Crippen LogP contribution in [0.4, 0.5) is 0 Å². The van der Waals surface area contributed by atoms with Gasteiger partial charge in [-0.15, -0.1) is 24.8 Å². The molecule has 0 radical (unpaired) electrons. The molecule has 6 rings (SSSR count). The number of rotatable bonds is 7. The van der Waals surface area contributed by atoms with Crippen LogP contribution in [-0.2, 0) is 38.2 Å². The quantitative estimate of drug-likeness (QED) is 0.163. The normalized spacial score (nSPS) is 14.6. The maximum atomic E-state index is 2.61. The maximum absolute atomic E-state index is 2.79. The van der Waals surface area contributed by atoms with Crippen LogP contribution in [0.5, 0.6) is 0 Å². The van der Waals surface area contributed by atoms with Gasteiger partial charge in [0.05, 0.1) is 0 Å². The molecule has 0 fully saturated rings. The first kappa shape index (κ1) is 35.5. The Hall–Kier alpha value is -2.32. The number of halogens is 2. The van der Waals surface area contributed by atoms with Crippen molar-refractivity contribution in [2.24, 2.45) is 0 Å². The summed E-state index contributed by atoms with van der Waals surface area (Å²) in [6.45, 7) is 14.2. The van der Waals surface area contributed by atoms with Crippen molar-refractivity contribution in [2.45, 2.75) is 81.7 Å². The van der Waals surface area contributed by atoms with Crippen LogP contribution in [0.1, 0.15) is 97.9 Å². The summed E-state index contributed by atoms with van der Waals surface area (Å²) in [5.41, 5.74) is 12.2. The predicted octanol–water partition coefficient (Wildman–Crippen LogP) is 11.9. The van der Waals surface area contributed by atoms with E-state index >= 15 is 0 Å². The topological polar surface area (TPSA) is 0 Å². The predicted molar refractivity (Wildman–Crippen MR) is 197 cm³/mol. The number of aryl methyl sites for hydroxylation is 1. The van der Waals surface area contributed by atoms with E-state index in [1.54, 1.807) is 17.7 Å². The first-order valence-electron chi connectivity index (χ1n) is 16.1. The third kappa shape index (κ3) is 7.64. The minimum Gasteiger partial charge on any atom is -0.147 e. The van der Waals surface area contributed by atoms with Crippen molar-refractivity contribution in [1.82, 2.24) is 0 Å². The van der Waals surface area contributed by atoms with E-state index in [1.165, 1.54) is 46.2 Å². The zero-order valence-electron chi connectivity index (χ0n) is 27.7. The molecular formula is C42H48Cl2Hf. The first-order chi connectivity index (χ1) is 20.6. The summed E-state index contributed by atoms with van der Waals surface area (Å²) in [7, 11) is 0. The molecule has 4 aromatic rings. The molecule has 2 aliphatic carbocycles. The maximum Gasteiger partial charge on any atom is -0.147 e. The van der Waals surface area contributed by atoms with Gasteiger partial charge in [-0.2, -0.15) is 0 Å². The van der Waals surface area contributed by atoms with Crippen molar-refractivity contribution >= 4 is 28.1 Å². The van der Waals surface area contributed by atoms with Crippen molar-refractivity contribution < 1.29 is 21.0 Å². The number of fused-ring (bicyclic) bond motifs is 3. The molecular weight excluding hydrogens is 754 g/mol. The van der Waals surface area contributed by atoms with E-state index < -0.39 is 21.0 Å². The minimum atomic E-state index is -2.79. The SMILES string of the molecule is CC(C)(C)c1ccc2c(c1)[CH](/[Hf]([C]1=CC=CC1)=[C](\CCCc1ccccc1)c1ccccc1)c1cc(C(C)(C)C)ccc1-2.Cl.Cl. The molecule has 0 atom stereocenters. The van der Waals surface area contributed by atoms with E-state index in [1.807, 2.05) is 0 Å². The Balaban J connectivity index is 0.00000230. The fourth-order valence-corrected chi connectivity index (χ4v) is 20.3. The van der Waals surface area contributed by atoms with Gasteiger partial charge in [0.25, 0.3) is 0 Å². The van der Waals surface area contributed by atoms with Crippen molar-refractivity contribution in [3.05, 3.63) is 152 Å². The number of hydrogen-bond donors (Lipinski definition) is 0. The first-order valence-corrected chi connectivity index (χ1v) is 21.8. The second-order valence-corrected chi connectivity index (χ2v) is 24.0. The Morgan fingerprint density at radius 2 is 1.22 bits per heavy atom. The van der Waals surface area contributed by atoms with Crippen LogP contribution in [0.25, 0.3) is 11.1 Å². The largest absolute Gasteiger partial charge is 0.147 e. The van der Waals surface area contributed by atoms with E-state index in [0.717, 1.165) is 12.8 Å². The van der Waals surface area contributed by atoms with E-state index in [2.05, 4.69) is 157 Å². The molecule has 0 heterocycles. The fourth-order valence-electron chi connectivity index (χ4n) is 6.89. The van der Waals surface area contributed by atoms with Crippen molar-refractivity contribution in [3.63, 3.8) is 0 Å². The molecule has 0 unspecified atom stereocenters. The summed E-state index contributed by atoms with van der Waals surface area (Å²) in [6.07, 6.45) is 11.9. The van der Waals surface area contributed by atoms with Crippen LogP contribution < -0.4 is 0 Å². The van der Waals surface area contributed by atoms with Crippen molar-refractivity contribution in [3.8, 4) is 11.1 Å². The number of hydrogen-bond acceptors (Lipinski definition) is 0. The molecule has 0 nitrogen and oxygen atoms in total. The summed E-state index contributed by atoms with van der Waals surface area (Å²) >= 11 is -2.79. The zero-order valence-corrected chi connectivity index (χ0v) is 32.9. The van der Waals surface area contributed by atoms with Gasteiger partial charge in [-0.1, -0.05) is 0 Å². The van der Waals surface area contributed by atoms with Crippen molar-refractivity contribution in [1.29, 1.82) is 0 Å². The van der Waals surface area contributed by atoms with Crippen LogP contribution in [0.15, 0.2) is 119 Å². The molecule has 45 heavy (non-hydrogen) atoms. The molecule has 0 saturated carbocycles. The summed E-state index contributed by atoms with van der Waals surface area (Å²) in [5.74, 6) is 0. The van der Waals surface area contributed by atoms with Gasteiger partial charge in [-0.05, 0) is 0 Å². The molecule has 0 aliphatic heterocycles. The molecule has 0 saturated heterocycles. The second-order valence-electron chi connectivity index (χ2n) is 14.5. The van der Waals surface area contributed by atoms with Gasteiger partial charge in [0.15, 0.2) is 0 Å². The monoisotopic (exact) mass is 802 g/mol. The average molecular weight is 802 g/mol. The molecule has 0 N–H and O–H groups in total. The van der Waals surface area contributed by atoms with Gasteiger partial charge in [0, 0.05) is 0 Å². The van der Waals surface area contributed by atoms with Gasteiger partial charge in [0.1, 0.15) is 0 Å². The van der Waals surface area contributed by atoms with E-state index in [-0.39, 0.29) is 35.6 Å². The average Bonchev–Trinajstić information content (AvgIpc) is 3.63. The Morgan fingerprint density at radius 3 is 1.71 bits per heavy atom. The van der Waals surface area contributed by atoms with Crippen LogP contribution in [0, 0.1) is 0 Å². The van der Waals surface area contributed by atoms with Crippen molar-refractivity contribution in [2.75, 3.05) is 0 Å². The third-order valence-electron chi connectivity index (χ3n) is 9.34. The molecule has 3 heteroatoms. The Labute approximate surface area is 291 Å². The summed E-state index contributed by atoms with van der Waals surface area (Å²) in [6, 6.07) is 37.5. The van der Waals surface area contributed by atoms with Gasteiger partial charge < -0.3 is 0 Å². The molecule has 0 bridgehead atoms. The van der Waals surface area contributed by atoms with Gasteiger partial charge in [-0.3, -0.25) is 0 Å². The summed E-state index contributed by atoms with van der Waals surface area (Å²) in [4.78, 5) is 0. The fraction of sp³-hybridized carbons (Fsp3) is 0.310. The van der Waals surface area contributed by atoms with Crippen LogP contribution in [-0.4, -0.2) is 3.26 Å². The molecule has 0 spiro atoms. The van der Waals surface area contributed by atoms with Crippen LogP contribution in [0.3, 0.4) is 0 Å². The van der Waals surface area contributed by atoms with Gasteiger partial charge in [-0.25, -0.2) is 0 Å². The Bertz CT molecular complexity index is 1650. The standard InChI is InChI=1S/C21H25.C16H16.C5H5.2ClH.Hf/c1-20(2,3)16-7-9-18-14(12-16)11-15-13-17(21(4,5)6)8-10-19(15)18;1-3-9-15(10-4-1)13-7-8-14-16-11-5-2-6-12-16;1-2-4-5-3-1;;;/h7-13H,1-6H3;1-6,9-12H,7-8,13H2;1-3H,4H2;2*1H;. The second kappa shape index (κ2) is 14.6. The minimum absolute atomic E-state index is 0. The van der Waals surface area contributed by atoms with E-state index in [4.69, 9.17) is 0 Å². The zero-order chi connectivity index (χ0) is 30.2.